The maximum absolute atomic E-state index is 12.9. The number of halogens is 2. The van der Waals surface area contributed by atoms with Gasteiger partial charge in [0, 0.05) is 28.6 Å². The second-order valence-corrected chi connectivity index (χ2v) is 8.28. The van der Waals surface area contributed by atoms with Gasteiger partial charge in [-0.05, 0) is 37.3 Å². The third kappa shape index (κ3) is 3.26. The van der Waals surface area contributed by atoms with Gasteiger partial charge in [-0.3, -0.25) is 15.1 Å². The van der Waals surface area contributed by atoms with Crippen molar-refractivity contribution in [3.05, 3.63) is 63.5 Å². The summed E-state index contributed by atoms with van der Waals surface area (Å²) in [7, 11) is 1.82. The summed E-state index contributed by atoms with van der Waals surface area (Å²) >= 11 is 11.3. The number of thiazole rings is 1. The number of pyridine rings is 1. The van der Waals surface area contributed by atoms with Gasteiger partial charge in [0.05, 0.1) is 21.3 Å². The van der Waals surface area contributed by atoms with Crippen LogP contribution in [0.2, 0.25) is 5.02 Å². The summed E-state index contributed by atoms with van der Waals surface area (Å²) < 4.78 is 2.70. The molecule has 0 spiro atoms. The number of amides is 1. The lowest BCUT2D eigenvalue weighted by molar-refractivity contribution is 0.102. The normalized spacial score (nSPS) is 11.1. The quantitative estimate of drug-likeness (QED) is 0.427. The molecule has 0 aliphatic carbocycles. The van der Waals surface area contributed by atoms with E-state index in [1.165, 1.54) is 11.3 Å². The van der Waals surface area contributed by atoms with Crippen molar-refractivity contribution in [2.45, 2.75) is 6.92 Å². The van der Waals surface area contributed by atoms with Crippen molar-refractivity contribution in [2.75, 3.05) is 5.32 Å². The van der Waals surface area contributed by atoms with E-state index < -0.39 is 0 Å². The van der Waals surface area contributed by atoms with E-state index in [9.17, 15) is 4.79 Å². The van der Waals surface area contributed by atoms with E-state index in [2.05, 4.69) is 31.2 Å². The molecular weight excluding hydrogens is 448 g/mol. The van der Waals surface area contributed by atoms with Crippen LogP contribution in [0.25, 0.3) is 21.5 Å². The number of nitrogens with one attached hydrogen (secondary N) is 1. The predicted octanol–water partition coefficient (Wildman–Crippen LogP) is 5.67. The van der Waals surface area contributed by atoms with Crippen molar-refractivity contribution >= 4 is 60.8 Å². The van der Waals surface area contributed by atoms with Crippen molar-refractivity contribution in [1.82, 2.24) is 14.5 Å². The van der Waals surface area contributed by atoms with E-state index >= 15 is 0 Å². The van der Waals surface area contributed by atoms with Crippen LogP contribution in [0.5, 0.6) is 0 Å². The molecule has 4 rings (SSSR count). The fraction of sp³-hybridized carbons (Fsp3) is 0.105. The van der Waals surface area contributed by atoms with E-state index in [1.807, 2.05) is 50.4 Å². The number of carbonyl (C=O) groups excluding carboxylic acids is 1. The van der Waals surface area contributed by atoms with E-state index in [0.29, 0.717) is 15.8 Å². The molecule has 0 saturated carbocycles. The van der Waals surface area contributed by atoms with Gasteiger partial charge >= 0.3 is 0 Å². The Kier molecular flexibility index (Phi) is 4.75. The van der Waals surface area contributed by atoms with Crippen LogP contribution in [0.3, 0.4) is 0 Å². The van der Waals surface area contributed by atoms with Crippen molar-refractivity contribution in [2.24, 2.45) is 7.05 Å². The number of rotatable bonds is 3. The first-order chi connectivity index (χ1) is 13.0. The molecule has 0 aliphatic rings. The molecule has 8 heteroatoms. The lowest BCUT2D eigenvalue weighted by atomic mass is 10.2. The molecule has 3 heterocycles. The Morgan fingerprint density at radius 3 is 2.85 bits per heavy atom. The molecule has 0 atom stereocenters. The summed E-state index contributed by atoms with van der Waals surface area (Å²) in [4.78, 5) is 22.6. The number of hydrogen-bond donors (Lipinski definition) is 1. The van der Waals surface area contributed by atoms with Gasteiger partial charge in [-0.15, -0.1) is 0 Å². The lowest BCUT2D eigenvalue weighted by Gasteiger charge is -2.04. The van der Waals surface area contributed by atoms with Gasteiger partial charge in [0.15, 0.2) is 5.13 Å². The highest BCUT2D eigenvalue weighted by atomic mass is 79.9. The molecule has 0 bridgehead atoms. The predicted molar refractivity (Wildman–Crippen MR) is 114 cm³/mol. The zero-order valence-electron chi connectivity index (χ0n) is 14.5. The topological polar surface area (TPSA) is 59.8 Å². The SMILES string of the molecule is Cc1nc(NC(=O)c2c(Cl)c3cc(Br)ccc3n2C)sc1-c1ccccn1. The Labute approximate surface area is 173 Å². The van der Waals surface area contributed by atoms with Crippen LogP contribution >= 0.6 is 38.9 Å². The molecule has 1 aromatic carbocycles. The Balaban J connectivity index is 1.69. The third-order valence-electron chi connectivity index (χ3n) is 4.23. The van der Waals surface area contributed by atoms with Gasteiger partial charge in [0.2, 0.25) is 0 Å². The van der Waals surface area contributed by atoms with Crippen LogP contribution < -0.4 is 5.32 Å². The van der Waals surface area contributed by atoms with Gasteiger partial charge in [-0.1, -0.05) is 44.9 Å². The highest BCUT2D eigenvalue weighted by molar-refractivity contribution is 9.10. The van der Waals surface area contributed by atoms with Crippen molar-refractivity contribution in [1.29, 1.82) is 0 Å². The maximum Gasteiger partial charge on any atom is 0.275 e. The van der Waals surface area contributed by atoms with Gasteiger partial charge in [0.25, 0.3) is 5.91 Å². The first-order valence-electron chi connectivity index (χ1n) is 8.09. The zero-order chi connectivity index (χ0) is 19.1. The molecule has 27 heavy (non-hydrogen) atoms. The fourth-order valence-corrected chi connectivity index (χ4v) is 4.63. The molecule has 136 valence electrons. The smallest absolute Gasteiger partial charge is 0.275 e. The fourth-order valence-electron chi connectivity index (χ4n) is 2.96. The summed E-state index contributed by atoms with van der Waals surface area (Å²) in [5, 5.41) is 4.63. The number of aromatic nitrogens is 3. The Hall–Kier alpha value is -2.22. The molecule has 0 aliphatic heterocycles. The van der Waals surface area contributed by atoms with Crippen LogP contribution in [-0.4, -0.2) is 20.4 Å². The lowest BCUT2D eigenvalue weighted by Crippen LogP contribution is -2.16. The minimum Gasteiger partial charge on any atom is -0.338 e. The highest BCUT2D eigenvalue weighted by Gasteiger charge is 2.22. The van der Waals surface area contributed by atoms with Crippen LogP contribution in [0.1, 0.15) is 16.2 Å². The number of aryl methyl sites for hydroxylation is 2. The van der Waals surface area contributed by atoms with E-state index in [4.69, 9.17) is 11.6 Å². The Morgan fingerprint density at radius 1 is 1.30 bits per heavy atom. The second-order valence-electron chi connectivity index (χ2n) is 5.99. The number of benzene rings is 1. The molecular formula is C19H14BrClN4OS. The largest absolute Gasteiger partial charge is 0.338 e. The van der Waals surface area contributed by atoms with Gasteiger partial charge in [-0.2, -0.15) is 0 Å². The van der Waals surface area contributed by atoms with Gasteiger partial charge < -0.3 is 4.57 Å². The molecule has 3 aromatic heterocycles. The van der Waals surface area contributed by atoms with Gasteiger partial charge in [-0.25, -0.2) is 4.98 Å². The van der Waals surface area contributed by atoms with Gasteiger partial charge in [0.1, 0.15) is 5.69 Å². The van der Waals surface area contributed by atoms with Crippen molar-refractivity contribution in [3.8, 4) is 10.6 Å². The molecule has 0 saturated heterocycles. The van der Waals surface area contributed by atoms with Crippen LogP contribution in [-0.2, 0) is 7.05 Å². The summed E-state index contributed by atoms with van der Waals surface area (Å²) in [5.41, 5.74) is 2.94. The van der Waals surface area contributed by atoms with E-state index in [0.717, 1.165) is 31.6 Å². The summed E-state index contributed by atoms with van der Waals surface area (Å²) in [6.07, 6.45) is 1.74. The molecule has 0 unspecified atom stereocenters. The minimum atomic E-state index is -0.295. The highest BCUT2D eigenvalue weighted by Crippen LogP contribution is 2.34. The Morgan fingerprint density at radius 2 is 2.11 bits per heavy atom. The van der Waals surface area contributed by atoms with E-state index in [1.54, 1.807) is 10.8 Å². The first-order valence-corrected chi connectivity index (χ1v) is 10.1. The number of anilines is 1. The third-order valence-corrected chi connectivity index (χ3v) is 6.20. The number of fused-ring (bicyclic) bond motifs is 1. The number of hydrogen-bond acceptors (Lipinski definition) is 4. The van der Waals surface area contributed by atoms with Crippen molar-refractivity contribution in [3.63, 3.8) is 0 Å². The summed E-state index contributed by atoms with van der Waals surface area (Å²) in [6.45, 7) is 1.90. The monoisotopic (exact) mass is 460 g/mol. The molecule has 0 radical (unpaired) electrons. The van der Waals surface area contributed by atoms with Crippen LogP contribution in [0.15, 0.2) is 47.1 Å². The number of nitrogens with zero attached hydrogens (tertiary/aromatic N) is 3. The second kappa shape index (κ2) is 7.07. The van der Waals surface area contributed by atoms with Crippen LogP contribution in [0.4, 0.5) is 5.13 Å². The average molecular weight is 462 g/mol. The first kappa shape index (κ1) is 18.2. The average Bonchev–Trinajstić information content (AvgIpc) is 3.13. The minimum absolute atomic E-state index is 0.295. The van der Waals surface area contributed by atoms with E-state index in [-0.39, 0.29) is 5.91 Å². The maximum atomic E-state index is 12.9. The molecule has 4 aromatic rings. The summed E-state index contributed by atoms with van der Waals surface area (Å²) in [5.74, 6) is -0.295. The standard InChI is InChI=1S/C19H14BrClN4OS/c1-10-17(13-5-3-4-8-22-13)27-19(23-10)24-18(26)16-15(21)12-9-11(20)6-7-14(12)25(16)2/h3-9H,1-2H3,(H,23,24,26). The molecule has 5 nitrogen and oxygen atoms in total. The zero-order valence-corrected chi connectivity index (χ0v) is 17.6. The summed E-state index contributed by atoms with van der Waals surface area (Å²) in [6, 6.07) is 11.5. The number of carbonyl (C=O) groups is 1. The molecule has 0 fully saturated rings. The molecule has 1 amide bonds. The molecule has 1 N–H and O–H groups in total. The van der Waals surface area contributed by atoms with Crippen LogP contribution in [0, 0.1) is 6.92 Å². The Bertz CT molecular complexity index is 1170. The van der Waals surface area contributed by atoms with Crippen molar-refractivity contribution < 1.29 is 4.79 Å².